The van der Waals surface area contributed by atoms with Crippen molar-refractivity contribution in [3.63, 3.8) is 0 Å². The molecule has 0 aliphatic carbocycles. The van der Waals surface area contributed by atoms with E-state index in [1.54, 1.807) is 36.4 Å². The van der Waals surface area contributed by atoms with Gasteiger partial charge in [0.05, 0.1) is 12.4 Å². The minimum atomic E-state index is -3.47. The van der Waals surface area contributed by atoms with Gasteiger partial charge in [-0.2, -0.15) is 0 Å². The molecule has 0 atom stereocenters. The van der Waals surface area contributed by atoms with Gasteiger partial charge < -0.3 is 10.1 Å². The Kier molecular flexibility index (Phi) is 7.16. The number of piperidine rings is 1. The largest absolute Gasteiger partial charge is 0.494 e. The molecule has 2 aromatic carbocycles. The third-order valence-electron chi connectivity index (χ3n) is 4.95. The zero-order chi connectivity index (χ0) is 20.9. The number of nitrogens with one attached hydrogen (secondary N) is 1. The summed E-state index contributed by atoms with van der Waals surface area (Å²) in [6, 6.07) is 14.2. The normalized spacial score (nSPS) is 15.8. The Hall–Kier alpha value is -2.09. The van der Waals surface area contributed by atoms with Gasteiger partial charge in [-0.05, 0) is 55.7 Å². The van der Waals surface area contributed by atoms with Crippen molar-refractivity contribution in [2.75, 3.05) is 25.0 Å². The molecule has 0 aromatic heterocycles. The average molecular weight is 437 g/mol. The number of hydrogen-bond donors (Lipinski definition) is 1. The van der Waals surface area contributed by atoms with Crippen LogP contribution in [0, 0.1) is 5.92 Å². The van der Waals surface area contributed by atoms with Crippen molar-refractivity contribution in [3.05, 3.63) is 59.1 Å². The van der Waals surface area contributed by atoms with E-state index in [4.69, 9.17) is 16.3 Å². The third-order valence-corrected chi connectivity index (χ3v) is 7.14. The Balaban J connectivity index is 1.54. The van der Waals surface area contributed by atoms with E-state index in [9.17, 15) is 13.2 Å². The van der Waals surface area contributed by atoms with Crippen molar-refractivity contribution < 1.29 is 17.9 Å². The Bertz CT molecular complexity index is 939. The van der Waals surface area contributed by atoms with Crippen LogP contribution in [-0.2, 0) is 20.6 Å². The second kappa shape index (κ2) is 9.61. The molecule has 0 radical (unpaired) electrons. The number of anilines is 1. The van der Waals surface area contributed by atoms with Crippen molar-refractivity contribution in [2.45, 2.75) is 25.5 Å². The molecule has 0 spiro atoms. The van der Waals surface area contributed by atoms with E-state index in [0.29, 0.717) is 48.8 Å². The quantitative estimate of drug-likeness (QED) is 0.713. The maximum absolute atomic E-state index is 12.7. The molecule has 3 rings (SSSR count). The molecular weight excluding hydrogens is 412 g/mol. The number of hydrogen-bond acceptors (Lipinski definition) is 4. The summed E-state index contributed by atoms with van der Waals surface area (Å²) in [6.45, 7) is 3.16. The first-order valence-corrected chi connectivity index (χ1v) is 11.6. The molecule has 6 nitrogen and oxygen atoms in total. The maximum Gasteiger partial charge on any atom is 0.227 e. The molecule has 0 saturated carbocycles. The Labute approximate surface area is 176 Å². The predicted molar refractivity (Wildman–Crippen MR) is 115 cm³/mol. The van der Waals surface area contributed by atoms with Gasteiger partial charge in [-0.15, -0.1) is 0 Å². The predicted octanol–water partition coefficient (Wildman–Crippen LogP) is 3.92. The van der Waals surface area contributed by atoms with Crippen LogP contribution in [0.15, 0.2) is 48.5 Å². The minimum Gasteiger partial charge on any atom is -0.494 e. The molecule has 1 saturated heterocycles. The number of amides is 1. The van der Waals surface area contributed by atoms with Crippen LogP contribution >= 0.6 is 11.6 Å². The van der Waals surface area contributed by atoms with Crippen LogP contribution in [0.5, 0.6) is 5.75 Å². The molecule has 1 aliphatic rings. The molecule has 8 heteroatoms. The highest BCUT2D eigenvalue weighted by Gasteiger charge is 2.31. The van der Waals surface area contributed by atoms with Gasteiger partial charge >= 0.3 is 0 Å². The topological polar surface area (TPSA) is 75.7 Å². The van der Waals surface area contributed by atoms with Crippen molar-refractivity contribution in [2.24, 2.45) is 5.92 Å². The lowest BCUT2D eigenvalue weighted by Gasteiger charge is -2.30. The zero-order valence-electron chi connectivity index (χ0n) is 16.3. The number of rotatable bonds is 7. The van der Waals surface area contributed by atoms with Crippen molar-refractivity contribution >= 4 is 33.2 Å². The van der Waals surface area contributed by atoms with Gasteiger partial charge in [0.15, 0.2) is 0 Å². The molecule has 156 valence electrons. The van der Waals surface area contributed by atoms with Crippen LogP contribution in [0.25, 0.3) is 0 Å². The summed E-state index contributed by atoms with van der Waals surface area (Å²) in [6.07, 6.45) is 0.981. The number of benzene rings is 2. The standard InChI is InChI=1S/C21H25ClN2O4S/c1-2-28-19-9-7-18(8-10-19)23-21(25)16-11-13-24(14-12-16)29(26,27)15-17-5-3-4-6-20(17)22/h3-10,16H,2,11-15H2,1H3,(H,23,25). The minimum absolute atomic E-state index is 0.0858. The zero-order valence-corrected chi connectivity index (χ0v) is 17.9. The SMILES string of the molecule is CCOc1ccc(NC(=O)C2CCN(S(=O)(=O)Cc3ccccc3Cl)CC2)cc1. The summed E-state index contributed by atoms with van der Waals surface area (Å²) in [5.41, 5.74) is 1.29. The van der Waals surface area contributed by atoms with Gasteiger partial charge in [0.25, 0.3) is 0 Å². The lowest BCUT2D eigenvalue weighted by atomic mass is 9.97. The number of halogens is 1. The van der Waals surface area contributed by atoms with E-state index in [0.717, 1.165) is 5.75 Å². The van der Waals surface area contributed by atoms with Gasteiger partial charge in [-0.25, -0.2) is 12.7 Å². The van der Waals surface area contributed by atoms with Crippen LogP contribution in [0.2, 0.25) is 5.02 Å². The molecular formula is C21H25ClN2O4S. The summed E-state index contributed by atoms with van der Waals surface area (Å²) in [5.74, 6) is 0.323. The van der Waals surface area contributed by atoms with Gasteiger partial charge in [0.1, 0.15) is 5.75 Å². The highest BCUT2D eigenvalue weighted by atomic mass is 35.5. The number of sulfonamides is 1. The molecule has 0 unspecified atom stereocenters. The highest BCUT2D eigenvalue weighted by molar-refractivity contribution is 7.88. The second-order valence-electron chi connectivity index (χ2n) is 6.97. The first-order chi connectivity index (χ1) is 13.9. The summed E-state index contributed by atoms with van der Waals surface area (Å²) in [7, 11) is -3.47. The monoisotopic (exact) mass is 436 g/mol. The molecule has 2 aromatic rings. The van der Waals surface area contributed by atoms with Gasteiger partial charge in [-0.3, -0.25) is 4.79 Å². The molecule has 1 heterocycles. The van der Waals surface area contributed by atoms with Gasteiger partial charge in [0.2, 0.25) is 15.9 Å². The fourth-order valence-corrected chi connectivity index (χ4v) is 5.22. The van der Waals surface area contributed by atoms with Gasteiger partial charge in [0, 0.05) is 29.7 Å². The fraction of sp³-hybridized carbons (Fsp3) is 0.381. The molecule has 1 amide bonds. The summed E-state index contributed by atoms with van der Waals surface area (Å²) in [4.78, 5) is 12.5. The number of nitrogens with zero attached hydrogens (tertiary/aromatic N) is 1. The van der Waals surface area contributed by atoms with E-state index >= 15 is 0 Å². The van der Waals surface area contributed by atoms with Crippen LogP contribution in [0.4, 0.5) is 5.69 Å². The molecule has 1 aliphatic heterocycles. The first kappa shape index (κ1) is 21.6. The number of ether oxygens (including phenoxy) is 1. The van der Waals surface area contributed by atoms with Crippen LogP contribution in [-0.4, -0.2) is 38.3 Å². The lowest BCUT2D eigenvalue weighted by Crippen LogP contribution is -2.41. The van der Waals surface area contributed by atoms with Crippen LogP contribution < -0.4 is 10.1 Å². The highest BCUT2D eigenvalue weighted by Crippen LogP contribution is 2.25. The maximum atomic E-state index is 12.7. The average Bonchev–Trinajstić information content (AvgIpc) is 2.71. The number of carbonyl (C=O) groups is 1. The van der Waals surface area contributed by atoms with E-state index in [1.807, 2.05) is 19.1 Å². The van der Waals surface area contributed by atoms with Crippen molar-refractivity contribution in [1.29, 1.82) is 0 Å². The van der Waals surface area contributed by atoms with E-state index in [1.165, 1.54) is 4.31 Å². The van der Waals surface area contributed by atoms with Crippen molar-refractivity contribution in [1.82, 2.24) is 4.31 Å². The fourth-order valence-electron chi connectivity index (χ4n) is 3.34. The molecule has 1 N–H and O–H groups in total. The number of carbonyl (C=O) groups excluding carboxylic acids is 1. The molecule has 1 fully saturated rings. The summed E-state index contributed by atoms with van der Waals surface area (Å²) < 4.78 is 32.3. The summed E-state index contributed by atoms with van der Waals surface area (Å²) in [5, 5.41) is 3.35. The van der Waals surface area contributed by atoms with Gasteiger partial charge in [-0.1, -0.05) is 29.8 Å². The smallest absolute Gasteiger partial charge is 0.227 e. The molecule has 29 heavy (non-hydrogen) atoms. The van der Waals surface area contributed by atoms with E-state index in [2.05, 4.69) is 5.32 Å². The van der Waals surface area contributed by atoms with Crippen molar-refractivity contribution in [3.8, 4) is 5.75 Å². The lowest BCUT2D eigenvalue weighted by molar-refractivity contribution is -0.120. The third kappa shape index (κ3) is 5.72. The Morgan fingerprint density at radius 3 is 2.41 bits per heavy atom. The van der Waals surface area contributed by atoms with E-state index < -0.39 is 10.0 Å². The first-order valence-electron chi connectivity index (χ1n) is 9.64. The van der Waals surface area contributed by atoms with Crippen LogP contribution in [0.1, 0.15) is 25.3 Å². The summed E-state index contributed by atoms with van der Waals surface area (Å²) >= 11 is 6.09. The van der Waals surface area contributed by atoms with E-state index in [-0.39, 0.29) is 17.6 Å². The Morgan fingerprint density at radius 1 is 1.14 bits per heavy atom. The Morgan fingerprint density at radius 2 is 1.79 bits per heavy atom. The molecule has 0 bridgehead atoms. The second-order valence-corrected chi connectivity index (χ2v) is 9.34. The van der Waals surface area contributed by atoms with Crippen LogP contribution in [0.3, 0.4) is 0 Å².